The van der Waals surface area contributed by atoms with Gasteiger partial charge in [-0.2, -0.15) is 0 Å². The van der Waals surface area contributed by atoms with Crippen LogP contribution in [0.3, 0.4) is 0 Å². The summed E-state index contributed by atoms with van der Waals surface area (Å²) in [5, 5.41) is 13.5. The first-order chi connectivity index (χ1) is 14.1. The van der Waals surface area contributed by atoms with E-state index in [1.807, 2.05) is 42.5 Å². The van der Waals surface area contributed by atoms with Crippen molar-refractivity contribution in [3.63, 3.8) is 0 Å². The largest absolute Gasteiger partial charge is 0.508 e. The predicted octanol–water partition coefficient (Wildman–Crippen LogP) is 5.12. The Balaban J connectivity index is 1.59. The maximum Gasteiger partial charge on any atom is 0.224 e. The number of phenols is 1. The Morgan fingerprint density at radius 3 is 2.59 bits per heavy atom. The van der Waals surface area contributed by atoms with Crippen LogP contribution in [-0.2, 0) is 11.2 Å². The molecule has 0 aliphatic rings. The number of para-hydroxylation sites is 1. The molecule has 1 amide bonds. The van der Waals surface area contributed by atoms with Gasteiger partial charge in [-0.05, 0) is 60.0 Å². The van der Waals surface area contributed by atoms with E-state index in [-0.39, 0.29) is 11.7 Å². The Morgan fingerprint density at radius 2 is 1.83 bits per heavy atom. The zero-order valence-corrected chi connectivity index (χ0v) is 16.1. The van der Waals surface area contributed by atoms with E-state index in [9.17, 15) is 9.90 Å². The van der Waals surface area contributed by atoms with Crippen LogP contribution >= 0.6 is 0 Å². The van der Waals surface area contributed by atoms with Crippen molar-refractivity contribution in [1.29, 1.82) is 0 Å². The van der Waals surface area contributed by atoms with Crippen LogP contribution in [-0.4, -0.2) is 23.1 Å². The molecule has 0 atom stereocenters. The number of hydrogen-bond donors (Lipinski definition) is 3. The lowest BCUT2D eigenvalue weighted by atomic mass is 10.0. The van der Waals surface area contributed by atoms with E-state index in [1.165, 1.54) is 6.07 Å². The molecular formula is C24H22N2O3. The van der Waals surface area contributed by atoms with E-state index in [2.05, 4.69) is 16.4 Å². The molecule has 0 fully saturated rings. The highest BCUT2D eigenvalue weighted by molar-refractivity contribution is 5.94. The maximum atomic E-state index is 12.5. The number of nitrogens with one attached hydrogen (secondary N) is 2. The van der Waals surface area contributed by atoms with Gasteiger partial charge in [0.2, 0.25) is 5.91 Å². The van der Waals surface area contributed by atoms with Crippen molar-refractivity contribution in [2.24, 2.45) is 0 Å². The summed E-state index contributed by atoms with van der Waals surface area (Å²) in [6.45, 7) is 0. The second kappa shape index (κ2) is 8.10. The van der Waals surface area contributed by atoms with Crippen LogP contribution < -0.4 is 10.1 Å². The van der Waals surface area contributed by atoms with Crippen molar-refractivity contribution in [1.82, 2.24) is 4.98 Å². The van der Waals surface area contributed by atoms with Gasteiger partial charge in [0.25, 0.3) is 0 Å². The number of phenolic OH excluding ortho intramolecular Hbond substituents is 1. The van der Waals surface area contributed by atoms with Crippen LogP contribution in [0.2, 0.25) is 0 Å². The minimum absolute atomic E-state index is 0.0958. The Hall–Kier alpha value is -3.73. The number of carbonyl (C=O) groups is 1. The zero-order valence-electron chi connectivity index (χ0n) is 16.1. The van der Waals surface area contributed by atoms with Gasteiger partial charge in [0.1, 0.15) is 11.5 Å². The minimum atomic E-state index is -0.0958. The third kappa shape index (κ3) is 4.09. The average molecular weight is 386 g/mol. The maximum absolute atomic E-state index is 12.5. The number of anilines is 1. The number of amides is 1. The van der Waals surface area contributed by atoms with Gasteiger partial charge in [0, 0.05) is 34.8 Å². The molecule has 0 saturated carbocycles. The first kappa shape index (κ1) is 18.6. The third-order valence-electron chi connectivity index (χ3n) is 4.92. The number of aromatic nitrogens is 1. The van der Waals surface area contributed by atoms with Crippen LogP contribution in [0.15, 0.2) is 72.8 Å². The second-order valence-electron chi connectivity index (χ2n) is 6.85. The number of aryl methyl sites for hydroxylation is 1. The molecule has 0 aliphatic carbocycles. The van der Waals surface area contributed by atoms with Gasteiger partial charge in [0.15, 0.2) is 0 Å². The highest BCUT2D eigenvalue weighted by Crippen LogP contribution is 2.32. The average Bonchev–Trinajstić information content (AvgIpc) is 3.11. The minimum Gasteiger partial charge on any atom is -0.508 e. The van der Waals surface area contributed by atoms with Crippen LogP contribution in [0, 0.1) is 0 Å². The molecule has 0 radical (unpaired) electrons. The van der Waals surface area contributed by atoms with Gasteiger partial charge in [-0.25, -0.2) is 0 Å². The first-order valence-corrected chi connectivity index (χ1v) is 9.47. The van der Waals surface area contributed by atoms with Crippen molar-refractivity contribution < 1.29 is 14.6 Å². The smallest absolute Gasteiger partial charge is 0.224 e. The Bertz CT molecular complexity index is 1150. The Morgan fingerprint density at radius 1 is 1.03 bits per heavy atom. The lowest BCUT2D eigenvalue weighted by Gasteiger charge is -2.08. The summed E-state index contributed by atoms with van der Waals surface area (Å²) < 4.78 is 5.26. The third-order valence-corrected chi connectivity index (χ3v) is 4.92. The summed E-state index contributed by atoms with van der Waals surface area (Å²) in [7, 11) is 1.65. The summed E-state index contributed by atoms with van der Waals surface area (Å²) >= 11 is 0. The molecule has 146 valence electrons. The van der Waals surface area contributed by atoms with E-state index >= 15 is 0 Å². The quantitative estimate of drug-likeness (QED) is 0.430. The number of H-pyrrole nitrogens is 1. The molecule has 29 heavy (non-hydrogen) atoms. The fraction of sp³-hybridized carbons (Fsp3) is 0.125. The van der Waals surface area contributed by atoms with Crippen LogP contribution in [0.1, 0.15) is 12.0 Å². The molecule has 4 aromatic rings. The van der Waals surface area contributed by atoms with Crippen molar-refractivity contribution in [3.05, 3.63) is 78.4 Å². The molecule has 5 nitrogen and oxygen atoms in total. The monoisotopic (exact) mass is 386 g/mol. The van der Waals surface area contributed by atoms with Crippen molar-refractivity contribution in [2.75, 3.05) is 12.4 Å². The Kier molecular flexibility index (Phi) is 5.20. The molecule has 0 aliphatic heterocycles. The number of rotatable bonds is 6. The fourth-order valence-electron chi connectivity index (χ4n) is 3.51. The lowest BCUT2D eigenvalue weighted by molar-refractivity contribution is -0.116. The topological polar surface area (TPSA) is 74.4 Å². The zero-order chi connectivity index (χ0) is 20.2. The Labute approximate surface area is 169 Å². The number of ether oxygens (including phenoxy) is 1. The summed E-state index contributed by atoms with van der Waals surface area (Å²) in [5.74, 6) is 0.833. The number of methoxy groups -OCH3 is 1. The fourth-order valence-corrected chi connectivity index (χ4v) is 3.51. The normalized spacial score (nSPS) is 10.8. The van der Waals surface area contributed by atoms with Gasteiger partial charge >= 0.3 is 0 Å². The van der Waals surface area contributed by atoms with E-state index in [0.717, 1.165) is 33.5 Å². The number of carbonyl (C=O) groups excluding carboxylic acids is 1. The highest BCUT2D eigenvalue weighted by Gasteiger charge is 2.15. The predicted molar refractivity (Wildman–Crippen MR) is 115 cm³/mol. The number of aromatic hydroxyl groups is 1. The van der Waals surface area contributed by atoms with Crippen molar-refractivity contribution in [2.45, 2.75) is 12.8 Å². The van der Waals surface area contributed by atoms with Crippen LogP contribution in [0.5, 0.6) is 11.5 Å². The van der Waals surface area contributed by atoms with Gasteiger partial charge in [-0.15, -0.1) is 0 Å². The number of aromatic amines is 1. The standard InChI is InChI=1S/C24H22N2O3/c1-29-19-11-9-16(10-12-19)24-21(20-7-2-3-8-22(20)26-24)13-14-23(28)25-17-5-4-6-18(27)15-17/h2-12,15,26-27H,13-14H2,1H3,(H,25,28). The molecule has 3 N–H and O–H groups in total. The summed E-state index contributed by atoms with van der Waals surface area (Å²) in [4.78, 5) is 16.0. The number of fused-ring (bicyclic) bond motifs is 1. The van der Waals surface area contributed by atoms with Gasteiger partial charge in [-0.1, -0.05) is 24.3 Å². The van der Waals surface area contributed by atoms with Gasteiger partial charge in [0.05, 0.1) is 7.11 Å². The second-order valence-corrected chi connectivity index (χ2v) is 6.85. The molecule has 0 unspecified atom stereocenters. The van der Waals surface area contributed by atoms with E-state index in [0.29, 0.717) is 18.5 Å². The van der Waals surface area contributed by atoms with Gasteiger partial charge < -0.3 is 20.1 Å². The van der Waals surface area contributed by atoms with Crippen LogP contribution in [0.25, 0.3) is 22.2 Å². The van der Waals surface area contributed by atoms with Crippen molar-refractivity contribution >= 4 is 22.5 Å². The van der Waals surface area contributed by atoms with E-state index in [1.54, 1.807) is 25.3 Å². The first-order valence-electron chi connectivity index (χ1n) is 9.47. The summed E-state index contributed by atoms with van der Waals surface area (Å²) in [5.41, 5.74) is 4.80. The molecule has 1 heterocycles. The number of hydrogen-bond acceptors (Lipinski definition) is 3. The van der Waals surface area contributed by atoms with Crippen LogP contribution in [0.4, 0.5) is 5.69 Å². The van der Waals surface area contributed by atoms with E-state index < -0.39 is 0 Å². The molecule has 0 bridgehead atoms. The molecule has 0 spiro atoms. The summed E-state index contributed by atoms with van der Waals surface area (Å²) in [6.07, 6.45) is 0.927. The SMILES string of the molecule is COc1ccc(-c2[nH]c3ccccc3c2CCC(=O)Nc2cccc(O)c2)cc1. The molecular weight excluding hydrogens is 364 g/mol. The van der Waals surface area contributed by atoms with E-state index in [4.69, 9.17) is 4.74 Å². The molecule has 0 saturated heterocycles. The molecule has 1 aromatic heterocycles. The molecule has 5 heteroatoms. The van der Waals surface area contributed by atoms with Gasteiger partial charge in [-0.3, -0.25) is 4.79 Å². The molecule has 4 rings (SSSR count). The molecule has 3 aromatic carbocycles. The van der Waals surface area contributed by atoms with Crippen molar-refractivity contribution in [3.8, 4) is 22.8 Å². The summed E-state index contributed by atoms with van der Waals surface area (Å²) in [6, 6.07) is 22.6. The number of benzene rings is 3. The lowest BCUT2D eigenvalue weighted by Crippen LogP contribution is -2.12. The highest BCUT2D eigenvalue weighted by atomic mass is 16.5.